The van der Waals surface area contributed by atoms with E-state index in [2.05, 4.69) is 218 Å². The Morgan fingerprint density at radius 1 is 0.309 bits per heavy atom. The summed E-state index contributed by atoms with van der Waals surface area (Å²) in [6.07, 6.45) is 0. The van der Waals surface area contributed by atoms with Crippen LogP contribution in [0.4, 0.5) is 0 Å². The molecular weight excluding hydrogens is 665 g/mol. The molecule has 0 fully saturated rings. The first kappa shape index (κ1) is 31.6. The van der Waals surface area contributed by atoms with Crippen molar-refractivity contribution in [3.63, 3.8) is 0 Å². The zero-order valence-corrected chi connectivity index (χ0v) is 30.2. The molecule has 0 saturated carbocycles. The van der Waals surface area contributed by atoms with Crippen LogP contribution >= 0.6 is 0 Å². The summed E-state index contributed by atoms with van der Waals surface area (Å²) in [4.78, 5) is 0. The van der Waals surface area contributed by atoms with Crippen molar-refractivity contribution in [3.8, 4) is 33.8 Å². The van der Waals surface area contributed by atoms with E-state index in [9.17, 15) is 0 Å². The predicted molar refractivity (Wildman–Crippen MR) is 225 cm³/mol. The van der Waals surface area contributed by atoms with Crippen LogP contribution in [0.3, 0.4) is 0 Å². The van der Waals surface area contributed by atoms with Gasteiger partial charge in [-0.2, -0.15) is 0 Å². The molecule has 1 heterocycles. The summed E-state index contributed by atoms with van der Waals surface area (Å²) in [5.41, 5.74) is 13.6. The molecule has 0 amide bonds. The Balaban J connectivity index is 1.15. The summed E-state index contributed by atoms with van der Waals surface area (Å²) in [5, 5.41) is 2.53. The van der Waals surface area contributed by atoms with E-state index in [0.29, 0.717) is 0 Å². The lowest BCUT2D eigenvalue weighted by atomic mass is 9.63. The molecule has 0 bridgehead atoms. The van der Waals surface area contributed by atoms with Crippen LogP contribution in [-0.4, -0.2) is 0 Å². The van der Waals surface area contributed by atoms with E-state index >= 15 is 0 Å². The maximum Gasteiger partial charge on any atom is 0.132 e. The molecule has 2 aliphatic rings. The molecule has 258 valence electrons. The van der Waals surface area contributed by atoms with E-state index in [4.69, 9.17) is 4.74 Å². The molecule has 0 radical (unpaired) electrons. The van der Waals surface area contributed by atoms with Crippen molar-refractivity contribution in [3.05, 3.63) is 263 Å². The summed E-state index contributed by atoms with van der Waals surface area (Å²) in [7, 11) is 0. The second kappa shape index (κ2) is 12.3. The van der Waals surface area contributed by atoms with Crippen molar-refractivity contribution < 1.29 is 4.74 Å². The molecule has 1 heteroatoms. The zero-order valence-electron chi connectivity index (χ0n) is 30.2. The van der Waals surface area contributed by atoms with Crippen LogP contribution in [0.1, 0.15) is 44.5 Å². The van der Waals surface area contributed by atoms with Gasteiger partial charge in [0.15, 0.2) is 0 Å². The number of benzene rings is 9. The Bertz CT molecular complexity index is 2850. The van der Waals surface area contributed by atoms with Gasteiger partial charge in [-0.3, -0.25) is 0 Å². The lowest BCUT2D eigenvalue weighted by Gasteiger charge is -2.41. The van der Waals surface area contributed by atoms with E-state index in [1.807, 2.05) is 0 Å². The average molecular weight is 701 g/mol. The fraction of sp³-hybridized carbons (Fsp3) is 0.0370. The smallest absolute Gasteiger partial charge is 0.132 e. The number of fused-ring (bicyclic) bond motifs is 7. The van der Waals surface area contributed by atoms with E-state index in [-0.39, 0.29) is 0 Å². The number of hydrogen-bond acceptors (Lipinski definition) is 1. The Morgan fingerprint density at radius 2 is 0.873 bits per heavy atom. The minimum absolute atomic E-state index is 0.524. The highest BCUT2D eigenvalue weighted by Crippen LogP contribution is 2.59. The van der Waals surface area contributed by atoms with Gasteiger partial charge in [-0.25, -0.2) is 0 Å². The monoisotopic (exact) mass is 700 g/mol. The third-order valence-corrected chi connectivity index (χ3v) is 12.1. The summed E-state index contributed by atoms with van der Waals surface area (Å²) < 4.78 is 6.90. The Morgan fingerprint density at radius 3 is 1.62 bits per heavy atom. The second-order valence-corrected chi connectivity index (χ2v) is 14.7. The van der Waals surface area contributed by atoms with Crippen LogP contribution < -0.4 is 4.74 Å². The third kappa shape index (κ3) is 4.47. The minimum Gasteiger partial charge on any atom is -0.457 e. The first-order chi connectivity index (χ1) is 27.3. The van der Waals surface area contributed by atoms with Gasteiger partial charge in [-0.15, -0.1) is 0 Å². The van der Waals surface area contributed by atoms with E-state index in [1.165, 1.54) is 55.3 Å². The normalized spacial score (nSPS) is 16.0. The van der Waals surface area contributed by atoms with Crippen LogP contribution in [0, 0.1) is 0 Å². The molecular formula is C54H36O. The minimum atomic E-state index is -0.553. The highest BCUT2D eigenvalue weighted by Gasteiger charge is 2.48. The molecule has 1 aliphatic heterocycles. The average Bonchev–Trinajstić information content (AvgIpc) is 3.58. The molecule has 1 unspecified atom stereocenters. The lowest BCUT2D eigenvalue weighted by Crippen LogP contribution is -2.34. The summed E-state index contributed by atoms with van der Waals surface area (Å²) >= 11 is 0. The molecule has 9 aromatic carbocycles. The van der Waals surface area contributed by atoms with Gasteiger partial charge in [0.25, 0.3) is 0 Å². The zero-order chi connectivity index (χ0) is 36.4. The molecule has 1 aliphatic carbocycles. The van der Waals surface area contributed by atoms with Crippen molar-refractivity contribution in [2.45, 2.75) is 10.8 Å². The maximum absolute atomic E-state index is 6.90. The fourth-order valence-electron chi connectivity index (χ4n) is 9.86. The van der Waals surface area contributed by atoms with E-state index in [0.717, 1.165) is 33.8 Å². The summed E-state index contributed by atoms with van der Waals surface area (Å²) in [6, 6.07) is 79.9. The summed E-state index contributed by atoms with van der Waals surface area (Å²) in [5.74, 6) is 1.75. The molecule has 1 nitrogen and oxygen atoms in total. The topological polar surface area (TPSA) is 9.23 Å². The molecule has 9 aromatic rings. The Labute approximate surface area is 321 Å². The molecule has 1 atom stereocenters. The molecule has 0 N–H and O–H groups in total. The lowest BCUT2D eigenvalue weighted by molar-refractivity contribution is 0.435. The first-order valence-corrected chi connectivity index (χ1v) is 19.1. The summed E-state index contributed by atoms with van der Waals surface area (Å²) in [6.45, 7) is 0. The van der Waals surface area contributed by atoms with Crippen LogP contribution in [0.25, 0.3) is 33.0 Å². The van der Waals surface area contributed by atoms with Crippen molar-refractivity contribution in [2.24, 2.45) is 0 Å². The number of ether oxygens (including phenoxy) is 1. The second-order valence-electron chi connectivity index (χ2n) is 14.7. The molecule has 11 rings (SSSR count). The Hall–Kier alpha value is -6.96. The highest BCUT2D eigenvalue weighted by molar-refractivity contribution is 6.00. The largest absolute Gasteiger partial charge is 0.457 e. The van der Waals surface area contributed by atoms with Gasteiger partial charge in [-0.05, 0) is 84.6 Å². The predicted octanol–water partition coefficient (Wildman–Crippen LogP) is 13.4. The third-order valence-electron chi connectivity index (χ3n) is 12.1. The molecule has 0 saturated heterocycles. The number of hydrogen-bond donors (Lipinski definition) is 0. The SMILES string of the molecule is c1ccc(C2(c3ccccc3)c3ccccc3Oc3cc(-c4cccc(C5(c6ccccc6)c6ccccc6-c6ccc7ccccc7c65)c4)ccc32)cc1. The van der Waals surface area contributed by atoms with Crippen LogP contribution in [0.2, 0.25) is 0 Å². The van der Waals surface area contributed by atoms with Crippen molar-refractivity contribution >= 4 is 10.8 Å². The van der Waals surface area contributed by atoms with E-state index in [1.54, 1.807) is 0 Å². The molecule has 0 aromatic heterocycles. The van der Waals surface area contributed by atoms with Crippen molar-refractivity contribution in [1.29, 1.82) is 0 Å². The maximum atomic E-state index is 6.90. The quantitative estimate of drug-likeness (QED) is 0.174. The van der Waals surface area contributed by atoms with Gasteiger partial charge in [0, 0.05) is 11.1 Å². The van der Waals surface area contributed by atoms with Crippen LogP contribution in [0.15, 0.2) is 218 Å². The van der Waals surface area contributed by atoms with Crippen molar-refractivity contribution in [2.75, 3.05) is 0 Å². The standard InChI is InChI=1S/C54H36O/c1-4-19-40(20-5-1)53(41-21-6-2-7-22-41)48-29-14-15-30-50(48)55-51-36-39(32-34-49(51)53)38-18-16-25-43(35-38)54(42-23-8-3-9-24-42)47-28-13-12-27-45(47)46-33-31-37-17-10-11-26-44(37)52(46)54/h1-36H. The van der Waals surface area contributed by atoms with Gasteiger partial charge >= 0.3 is 0 Å². The van der Waals surface area contributed by atoms with E-state index < -0.39 is 10.8 Å². The van der Waals surface area contributed by atoms with Gasteiger partial charge in [0.1, 0.15) is 11.5 Å². The number of rotatable bonds is 5. The molecule has 0 spiro atoms. The number of para-hydroxylation sites is 1. The van der Waals surface area contributed by atoms with Crippen LogP contribution in [-0.2, 0) is 10.8 Å². The highest BCUT2D eigenvalue weighted by atomic mass is 16.5. The molecule has 55 heavy (non-hydrogen) atoms. The van der Waals surface area contributed by atoms with Gasteiger partial charge in [0.05, 0.1) is 10.8 Å². The fourth-order valence-corrected chi connectivity index (χ4v) is 9.86. The van der Waals surface area contributed by atoms with Crippen molar-refractivity contribution in [1.82, 2.24) is 0 Å². The first-order valence-electron chi connectivity index (χ1n) is 19.1. The van der Waals surface area contributed by atoms with Gasteiger partial charge in [0.2, 0.25) is 0 Å². The Kier molecular flexibility index (Phi) is 7.06. The van der Waals surface area contributed by atoms with Gasteiger partial charge in [-0.1, -0.05) is 200 Å². The van der Waals surface area contributed by atoms with Gasteiger partial charge < -0.3 is 4.74 Å². The van der Waals surface area contributed by atoms with Crippen LogP contribution in [0.5, 0.6) is 11.5 Å².